The third-order valence-corrected chi connectivity index (χ3v) is 2.97. The maximum atomic E-state index is 11.3. The number of benzene rings is 1. The Balaban J connectivity index is 2.55. The quantitative estimate of drug-likeness (QED) is 0.816. The summed E-state index contributed by atoms with van der Waals surface area (Å²) in [7, 11) is 0. The zero-order chi connectivity index (χ0) is 14.5. The number of fused-ring (bicyclic) bond motifs is 1. The van der Waals surface area contributed by atoms with Crippen LogP contribution in [0.25, 0.3) is 10.9 Å². The largest absolute Gasteiger partial charge is 0.476 e. The van der Waals surface area contributed by atoms with Crippen molar-refractivity contribution >= 4 is 22.6 Å². The van der Waals surface area contributed by atoms with E-state index in [-0.39, 0.29) is 11.7 Å². The molecular formula is C15H15N3O2. The Bertz CT molecular complexity index is 676. The molecule has 1 aromatic carbocycles. The molecule has 5 heteroatoms. The van der Waals surface area contributed by atoms with Crippen LogP contribution in [-0.2, 0) is 0 Å². The van der Waals surface area contributed by atoms with Crippen molar-refractivity contribution in [3.63, 3.8) is 0 Å². The van der Waals surface area contributed by atoms with Crippen LogP contribution in [0, 0.1) is 12.3 Å². The molecule has 0 saturated carbocycles. The first kappa shape index (κ1) is 13.8. The highest BCUT2D eigenvalue weighted by atomic mass is 16.4. The second-order valence-corrected chi connectivity index (χ2v) is 4.40. The first-order valence-corrected chi connectivity index (χ1v) is 6.38. The highest BCUT2D eigenvalue weighted by Crippen LogP contribution is 2.25. The van der Waals surface area contributed by atoms with Crippen molar-refractivity contribution in [3.05, 3.63) is 30.0 Å². The number of terminal acetylenes is 1. The zero-order valence-electron chi connectivity index (χ0n) is 11.1. The number of hydrogen-bond donors (Lipinski definition) is 2. The lowest BCUT2D eigenvalue weighted by Gasteiger charge is -2.16. The molecule has 102 valence electrons. The zero-order valence-corrected chi connectivity index (χ0v) is 11.1. The lowest BCUT2D eigenvalue weighted by Crippen LogP contribution is -2.20. The molecule has 1 aromatic heterocycles. The van der Waals surface area contributed by atoms with Crippen LogP contribution in [0.1, 0.15) is 30.3 Å². The molecule has 2 aromatic rings. The predicted molar refractivity (Wildman–Crippen MR) is 77.6 cm³/mol. The van der Waals surface area contributed by atoms with Gasteiger partial charge in [-0.2, -0.15) is 0 Å². The van der Waals surface area contributed by atoms with Crippen molar-refractivity contribution in [1.29, 1.82) is 0 Å². The Labute approximate surface area is 117 Å². The normalized spacial score (nSPS) is 11.8. The van der Waals surface area contributed by atoms with Gasteiger partial charge in [0.15, 0.2) is 5.69 Å². The Morgan fingerprint density at radius 3 is 2.85 bits per heavy atom. The fraction of sp³-hybridized carbons (Fsp3) is 0.267. The number of nitrogens with zero attached hydrogens (tertiary/aromatic N) is 2. The lowest BCUT2D eigenvalue weighted by molar-refractivity contribution is 0.0690. The fourth-order valence-corrected chi connectivity index (χ4v) is 2.01. The standard InChI is InChI=1S/C15H15N3O2/c1-3-7-10(4-2)16-13-11-8-5-6-9-12(11)17-18-14(13)15(19)20/h2,5-6,8-10H,3,7H2,1H3,(H,16,17)(H,19,20). The summed E-state index contributed by atoms with van der Waals surface area (Å²) in [6, 6.07) is 7.00. The van der Waals surface area contributed by atoms with Gasteiger partial charge in [-0.1, -0.05) is 37.5 Å². The van der Waals surface area contributed by atoms with E-state index in [9.17, 15) is 9.90 Å². The number of carboxylic acids is 1. The van der Waals surface area contributed by atoms with Crippen LogP contribution in [0.15, 0.2) is 24.3 Å². The van der Waals surface area contributed by atoms with E-state index in [1.807, 2.05) is 19.1 Å². The van der Waals surface area contributed by atoms with E-state index < -0.39 is 5.97 Å². The van der Waals surface area contributed by atoms with Crippen LogP contribution >= 0.6 is 0 Å². The number of anilines is 1. The van der Waals surface area contributed by atoms with Crippen LogP contribution in [-0.4, -0.2) is 27.3 Å². The molecule has 5 nitrogen and oxygen atoms in total. The van der Waals surface area contributed by atoms with E-state index in [1.54, 1.807) is 12.1 Å². The van der Waals surface area contributed by atoms with Gasteiger partial charge in [-0.25, -0.2) is 4.79 Å². The van der Waals surface area contributed by atoms with Gasteiger partial charge in [0.1, 0.15) is 0 Å². The molecule has 0 spiro atoms. The van der Waals surface area contributed by atoms with E-state index in [2.05, 4.69) is 21.4 Å². The fourth-order valence-electron chi connectivity index (χ4n) is 2.01. The number of hydrogen-bond acceptors (Lipinski definition) is 4. The minimum atomic E-state index is -1.13. The Morgan fingerprint density at radius 2 is 2.20 bits per heavy atom. The highest BCUT2D eigenvalue weighted by Gasteiger charge is 2.18. The second kappa shape index (κ2) is 6.02. The minimum Gasteiger partial charge on any atom is -0.476 e. The maximum Gasteiger partial charge on any atom is 0.358 e. The summed E-state index contributed by atoms with van der Waals surface area (Å²) in [6.07, 6.45) is 7.14. The molecular weight excluding hydrogens is 254 g/mol. The SMILES string of the molecule is C#CC(CCC)Nc1c(C(=O)O)nnc2ccccc12. The van der Waals surface area contributed by atoms with Gasteiger partial charge >= 0.3 is 5.97 Å². The van der Waals surface area contributed by atoms with Gasteiger partial charge < -0.3 is 10.4 Å². The Morgan fingerprint density at radius 1 is 1.45 bits per heavy atom. The van der Waals surface area contributed by atoms with Gasteiger partial charge in [-0.05, 0) is 12.5 Å². The van der Waals surface area contributed by atoms with Gasteiger partial charge in [0.2, 0.25) is 0 Å². The summed E-state index contributed by atoms with van der Waals surface area (Å²) in [6.45, 7) is 2.02. The second-order valence-electron chi connectivity index (χ2n) is 4.40. The van der Waals surface area contributed by atoms with E-state index in [4.69, 9.17) is 6.42 Å². The van der Waals surface area contributed by atoms with E-state index >= 15 is 0 Å². The van der Waals surface area contributed by atoms with Gasteiger partial charge in [0, 0.05) is 5.39 Å². The van der Waals surface area contributed by atoms with Crippen molar-refractivity contribution < 1.29 is 9.90 Å². The van der Waals surface area contributed by atoms with Crippen LogP contribution in [0.3, 0.4) is 0 Å². The molecule has 0 radical (unpaired) electrons. The molecule has 1 atom stereocenters. The van der Waals surface area contributed by atoms with Crippen LogP contribution in [0.4, 0.5) is 5.69 Å². The maximum absolute atomic E-state index is 11.3. The molecule has 0 aliphatic rings. The van der Waals surface area contributed by atoms with Gasteiger partial charge in [-0.15, -0.1) is 16.6 Å². The average molecular weight is 269 g/mol. The lowest BCUT2D eigenvalue weighted by atomic mass is 10.1. The smallest absolute Gasteiger partial charge is 0.358 e. The number of carbonyl (C=O) groups is 1. The third kappa shape index (κ3) is 2.69. The molecule has 0 bridgehead atoms. The van der Waals surface area contributed by atoms with Crippen LogP contribution in [0.5, 0.6) is 0 Å². The minimum absolute atomic E-state index is 0.111. The average Bonchev–Trinajstić information content (AvgIpc) is 2.46. The van der Waals surface area contributed by atoms with Crippen molar-refractivity contribution in [2.75, 3.05) is 5.32 Å². The molecule has 1 heterocycles. The monoisotopic (exact) mass is 269 g/mol. The highest BCUT2D eigenvalue weighted by molar-refractivity contribution is 6.02. The molecule has 2 rings (SSSR count). The van der Waals surface area contributed by atoms with Gasteiger partial charge in [0.25, 0.3) is 0 Å². The van der Waals surface area contributed by atoms with E-state index in [0.717, 1.165) is 12.8 Å². The topological polar surface area (TPSA) is 75.1 Å². The summed E-state index contributed by atoms with van der Waals surface area (Å²) in [5.74, 6) is 1.50. The number of aromatic carboxylic acids is 1. The van der Waals surface area contributed by atoms with Gasteiger partial charge in [-0.3, -0.25) is 0 Å². The molecule has 0 aliphatic carbocycles. The first-order chi connectivity index (χ1) is 9.67. The number of carboxylic acid groups (broad SMARTS) is 1. The predicted octanol–water partition coefficient (Wildman–Crippen LogP) is 2.54. The molecule has 0 fully saturated rings. The molecule has 2 N–H and O–H groups in total. The molecule has 1 unspecified atom stereocenters. The Kier molecular flexibility index (Phi) is 4.16. The summed E-state index contributed by atoms with van der Waals surface area (Å²) in [5.41, 5.74) is 0.951. The van der Waals surface area contributed by atoms with Crippen molar-refractivity contribution in [3.8, 4) is 12.3 Å². The molecule has 0 aliphatic heterocycles. The van der Waals surface area contributed by atoms with Crippen LogP contribution in [0.2, 0.25) is 0 Å². The summed E-state index contributed by atoms with van der Waals surface area (Å²) < 4.78 is 0. The number of nitrogens with one attached hydrogen (secondary N) is 1. The molecule has 0 amide bonds. The third-order valence-electron chi connectivity index (χ3n) is 2.97. The summed E-state index contributed by atoms with van der Waals surface area (Å²) in [4.78, 5) is 11.3. The summed E-state index contributed by atoms with van der Waals surface area (Å²) >= 11 is 0. The summed E-state index contributed by atoms with van der Waals surface area (Å²) in [5, 5.41) is 20.7. The van der Waals surface area contributed by atoms with Crippen molar-refractivity contribution in [2.24, 2.45) is 0 Å². The van der Waals surface area contributed by atoms with Crippen molar-refractivity contribution in [2.45, 2.75) is 25.8 Å². The Hall–Kier alpha value is -2.61. The van der Waals surface area contributed by atoms with E-state index in [1.165, 1.54) is 0 Å². The van der Waals surface area contributed by atoms with E-state index in [0.29, 0.717) is 16.6 Å². The van der Waals surface area contributed by atoms with Crippen LogP contribution < -0.4 is 5.32 Å². The number of rotatable bonds is 5. The van der Waals surface area contributed by atoms with Crippen molar-refractivity contribution in [1.82, 2.24) is 10.2 Å². The first-order valence-electron chi connectivity index (χ1n) is 6.38. The molecule has 0 saturated heterocycles. The molecule has 20 heavy (non-hydrogen) atoms. The number of aromatic nitrogens is 2. The van der Waals surface area contributed by atoms with Gasteiger partial charge in [0.05, 0.1) is 17.2 Å².